The number of nitrogens with zero attached hydrogens (tertiary/aromatic N) is 1. The van der Waals surface area contributed by atoms with Crippen molar-refractivity contribution < 1.29 is 0 Å². The molecular weight excluding hydrogens is 264 g/mol. The van der Waals surface area contributed by atoms with Crippen LogP contribution in [-0.2, 0) is 12.8 Å². The summed E-state index contributed by atoms with van der Waals surface area (Å²) in [5, 5.41) is 0. The predicted molar refractivity (Wildman–Crippen MR) is 84.0 cm³/mol. The Morgan fingerprint density at radius 1 is 1.19 bits per heavy atom. The molecule has 0 radical (unpaired) electrons. The fraction of sp³-hybridized carbons (Fsp3) is 0.412. The number of hydrogen-bond donors (Lipinski definition) is 1. The van der Waals surface area contributed by atoms with Crippen molar-refractivity contribution in [2.45, 2.75) is 32.1 Å². The minimum atomic E-state index is -0.536. The van der Waals surface area contributed by atoms with E-state index in [0.29, 0.717) is 5.69 Å². The highest BCUT2D eigenvalue weighted by Crippen LogP contribution is 2.37. The van der Waals surface area contributed by atoms with E-state index in [1.807, 2.05) is 4.90 Å². The molecule has 108 valence electrons. The smallest absolute Gasteiger partial charge is 0.253 e. The molecule has 0 amide bonds. The van der Waals surface area contributed by atoms with Gasteiger partial charge in [-0.25, -0.2) is 0 Å². The summed E-state index contributed by atoms with van der Waals surface area (Å²) in [6.07, 6.45) is 5.76. The topological polar surface area (TPSA) is 63.4 Å². The molecule has 1 aliphatic heterocycles. The van der Waals surface area contributed by atoms with E-state index < -0.39 is 10.9 Å². The second-order valence-electron chi connectivity index (χ2n) is 6.29. The second-order valence-corrected chi connectivity index (χ2v) is 6.29. The number of nitrogen functional groups attached to an aromatic ring is 1. The minimum Gasteiger partial charge on any atom is -0.394 e. The third kappa shape index (κ3) is 1.97. The van der Waals surface area contributed by atoms with Gasteiger partial charge in [-0.2, -0.15) is 0 Å². The lowest BCUT2D eigenvalue weighted by molar-refractivity contribution is 0.759. The Hall–Kier alpha value is -2.10. The zero-order chi connectivity index (χ0) is 14.6. The maximum Gasteiger partial charge on any atom is 0.253 e. The van der Waals surface area contributed by atoms with Crippen molar-refractivity contribution in [1.29, 1.82) is 0 Å². The van der Waals surface area contributed by atoms with Gasteiger partial charge >= 0.3 is 0 Å². The monoisotopic (exact) mass is 282 g/mol. The average molecular weight is 282 g/mol. The normalized spacial score (nSPS) is 18.0. The zero-order valence-corrected chi connectivity index (χ0v) is 11.9. The van der Waals surface area contributed by atoms with Crippen molar-refractivity contribution in [3.8, 4) is 0 Å². The first-order valence-corrected chi connectivity index (χ1v) is 7.63. The van der Waals surface area contributed by atoms with Crippen LogP contribution >= 0.6 is 0 Å². The standard InChI is InChI=1S/C17H18N2O2/c18-14-15(17(21)16(14)20)19-7-1-2-12-6-5-11(9-13(12)19)8-10-3-4-10/h5-6,9-10H,1-4,7-8,18H2. The molecule has 2 N–H and O–H groups in total. The Morgan fingerprint density at radius 3 is 2.71 bits per heavy atom. The highest BCUT2D eigenvalue weighted by Gasteiger charge is 2.29. The van der Waals surface area contributed by atoms with Crippen LogP contribution in [0.15, 0.2) is 27.8 Å². The number of benzene rings is 1. The van der Waals surface area contributed by atoms with Crippen LogP contribution in [0.3, 0.4) is 0 Å². The maximum absolute atomic E-state index is 11.8. The number of rotatable bonds is 3. The first-order chi connectivity index (χ1) is 10.1. The summed E-state index contributed by atoms with van der Waals surface area (Å²) in [4.78, 5) is 25.2. The van der Waals surface area contributed by atoms with Crippen LogP contribution in [0.25, 0.3) is 0 Å². The van der Waals surface area contributed by atoms with E-state index in [2.05, 4.69) is 18.2 Å². The molecule has 0 unspecified atom stereocenters. The molecule has 1 aliphatic carbocycles. The molecule has 1 fully saturated rings. The van der Waals surface area contributed by atoms with Crippen LogP contribution in [0.1, 0.15) is 30.4 Å². The zero-order valence-electron chi connectivity index (χ0n) is 11.9. The molecular formula is C17H18N2O2. The van der Waals surface area contributed by atoms with Crippen LogP contribution in [0, 0.1) is 5.92 Å². The summed E-state index contributed by atoms with van der Waals surface area (Å²) in [7, 11) is 0. The van der Waals surface area contributed by atoms with Crippen LogP contribution in [0.2, 0.25) is 0 Å². The lowest BCUT2D eigenvalue weighted by Gasteiger charge is -2.32. The Balaban J connectivity index is 1.75. The summed E-state index contributed by atoms with van der Waals surface area (Å²) in [6, 6.07) is 6.55. The molecule has 2 aliphatic rings. The fourth-order valence-electron chi connectivity index (χ4n) is 3.30. The summed E-state index contributed by atoms with van der Waals surface area (Å²) in [6.45, 7) is 0.759. The SMILES string of the molecule is Nc1c(N2CCCc3ccc(CC4CC4)cc32)c(=O)c1=O. The number of aryl methyl sites for hydroxylation is 1. The minimum absolute atomic E-state index is 0.125. The molecule has 0 atom stereocenters. The van der Waals surface area contributed by atoms with Crippen LogP contribution in [0.4, 0.5) is 17.1 Å². The average Bonchev–Trinajstić information content (AvgIpc) is 3.31. The summed E-state index contributed by atoms with van der Waals surface area (Å²) < 4.78 is 0. The molecule has 0 spiro atoms. The number of hydrogen-bond acceptors (Lipinski definition) is 4. The van der Waals surface area contributed by atoms with Gasteiger partial charge < -0.3 is 10.6 Å². The van der Waals surface area contributed by atoms with Crippen molar-refractivity contribution in [1.82, 2.24) is 0 Å². The molecule has 1 saturated carbocycles. The van der Waals surface area contributed by atoms with E-state index in [9.17, 15) is 9.59 Å². The van der Waals surface area contributed by atoms with Gasteiger partial charge in [0.05, 0.1) is 0 Å². The van der Waals surface area contributed by atoms with Gasteiger partial charge in [0.25, 0.3) is 10.9 Å². The number of anilines is 3. The van der Waals surface area contributed by atoms with Crippen molar-refractivity contribution >= 4 is 17.1 Å². The molecule has 0 bridgehead atoms. The van der Waals surface area contributed by atoms with Crippen molar-refractivity contribution in [2.24, 2.45) is 5.92 Å². The molecule has 4 rings (SSSR count). The van der Waals surface area contributed by atoms with E-state index in [0.717, 1.165) is 37.4 Å². The Morgan fingerprint density at radius 2 is 2.00 bits per heavy atom. The van der Waals surface area contributed by atoms with Crippen molar-refractivity contribution in [3.63, 3.8) is 0 Å². The van der Waals surface area contributed by atoms with E-state index in [1.54, 1.807) is 0 Å². The molecule has 1 heterocycles. The molecule has 4 nitrogen and oxygen atoms in total. The highest BCUT2D eigenvalue weighted by atomic mass is 16.2. The molecule has 4 heteroatoms. The quantitative estimate of drug-likeness (QED) is 0.873. The molecule has 0 aromatic heterocycles. The molecule has 21 heavy (non-hydrogen) atoms. The van der Waals surface area contributed by atoms with E-state index >= 15 is 0 Å². The predicted octanol–water partition coefficient (Wildman–Crippen LogP) is 1.90. The van der Waals surface area contributed by atoms with Gasteiger partial charge in [0, 0.05) is 12.2 Å². The third-order valence-corrected chi connectivity index (χ3v) is 4.68. The Labute approximate surface area is 122 Å². The van der Waals surface area contributed by atoms with Crippen LogP contribution in [-0.4, -0.2) is 6.54 Å². The van der Waals surface area contributed by atoms with Crippen LogP contribution in [0.5, 0.6) is 0 Å². The summed E-state index contributed by atoms with van der Waals surface area (Å²) >= 11 is 0. The number of fused-ring (bicyclic) bond motifs is 1. The first-order valence-electron chi connectivity index (χ1n) is 7.63. The largest absolute Gasteiger partial charge is 0.394 e. The Kier molecular flexibility index (Phi) is 2.67. The van der Waals surface area contributed by atoms with E-state index in [4.69, 9.17) is 5.73 Å². The molecule has 2 aromatic carbocycles. The van der Waals surface area contributed by atoms with Crippen molar-refractivity contribution in [2.75, 3.05) is 17.2 Å². The summed E-state index contributed by atoms with van der Waals surface area (Å²) in [5.41, 5.74) is 8.93. The second kappa shape index (κ2) is 4.45. The Bertz CT molecular complexity index is 783. The maximum atomic E-state index is 11.8. The van der Waals surface area contributed by atoms with Gasteiger partial charge in [-0.15, -0.1) is 0 Å². The van der Waals surface area contributed by atoms with Gasteiger partial charge in [0.2, 0.25) is 0 Å². The van der Waals surface area contributed by atoms with Gasteiger partial charge in [0.15, 0.2) is 0 Å². The summed E-state index contributed by atoms with van der Waals surface area (Å²) in [5.74, 6) is 0.830. The van der Waals surface area contributed by atoms with E-state index in [-0.39, 0.29) is 5.69 Å². The molecule has 0 saturated heterocycles. The lowest BCUT2D eigenvalue weighted by Crippen LogP contribution is -2.42. The van der Waals surface area contributed by atoms with Crippen molar-refractivity contribution in [3.05, 3.63) is 49.8 Å². The fourth-order valence-corrected chi connectivity index (χ4v) is 3.30. The molecule has 2 aromatic rings. The first kappa shape index (κ1) is 12.6. The lowest BCUT2D eigenvalue weighted by atomic mass is 9.96. The van der Waals surface area contributed by atoms with Crippen LogP contribution < -0.4 is 21.5 Å². The van der Waals surface area contributed by atoms with Gasteiger partial charge in [0.1, 0.15) is 11.4 Å². The van der Waals surface area contributed by atoms with Gasteiger partial charge in [-0.3, -0.25) is 9.59 Å². The third-order valence-electron chi connectivity index (χ3n) is 4.68. The van der Waals surface area contributed by atoms with E-state index in [1.165, 1.54) is 24.0 Å². The van der Waals surface area contributed by atoms with Gasteiger partial charge in [-0.1, -0.05) is 12.1 Å². The highest BCUT2D eigenvalue weighted by molar-refractivity contribution is 5.80. The van der Waals surface area contributed by atoms with Gasteiger partial charge in [-0.05, 0) is 55.2 Å². The number of nitrogens with two attached hydrogens (primary N) is 1.